The Morgan fingerprint density at radius 1 is 0.886 bits per heavy atom. The van der Waals surface area contributed by atoms with Gasteiger partial charge in [-0.2, -0.15) is 0 Å². The fraction of sp³-hybridized carbons (Fsp3) is 0.111. The molecule has 0 radical (unpaired) electrons. The van der Waals surface area contributed by atoms with Crippen LogP contribution in [0.1, 0.15) is 17.0 Å². The van der Waals surface area contributed by atoms with Crippen LogP contribution in [0.15, 0.2) is 93.4 Å². The van der Waals surface area contributed by atoms with E-state index < -0.39 is 0 Å². The van der Waals surface area contributed by atoms with Crippen molar-refractivity contribution in [2.75, 3.05) is 0 Å². The summed E-state index contributed by atoms with van der Waals surface area (Å²) in [5, 5.41) is 10.2. The van der Waals surface area contributed by atoms with Gasteiger partial charge in [0.1, 0.15) is 0 Å². The number of para-hydroxylation sites is 2. The molecule has 0 saturated heterocycles. The molecule has 0 aliphatic carbocycles. The van der Waals surface area contributed by atoms with Crippen LogP contribution in [0, 0.1) is 13.8 Å². The number of thioether (sulfide) groups is 1. The maximum atomic E-state index is 13.6. The van der Waals surface area contributed by atoms with Crippen LogP contribution in [-0.4, -0.2) is 24.1 Å². The van der Waals surface area contributed by atoms with E-state index in [9.17, 15) is 4.79 Å². The SMILES string of the molecule is Cc1cccc(C)c1-n1c(=O)c2ccccc2n2c(SCc3ncc(-c4ccccc4)o3)nnc12. The van der Waals surface area contributed by atoms with Gasteiger partial charge in [0.25, 0.3) is 5.56 Å². The summed E-state index contributed by atoms with van der Waals surface area (Å²) >= 11 is 1.47. The molecule has 3 heterocycles. The first kappa shape index (κ1) is 21.4. The van der Waals surface area contributed by atoms with Crippen molar-refractivity contribution in [1.29, 1.82) is 0 Å². The maximum absolute atomic E-state index is 13.6. The first-order chi connectivity index (χ1) is 17.1. The first-order valence-corrected chi connectivity index (χ1v) is 12.2. The predicted octanol–water partition coefficient (Wildman–Crippen LogP) is 5.60. The molecule has 3 aromatic carbocycles. The fourth-order valence-corrected chi connectivity index (χ4v) is 5.16. The van der Waals surface area contributed by atoms with Crippen LogP contribution in [0.4, 0.5) is 0 Å². The topological polar surface area (TPSA) is 78.2 Å². The molecule has 0 saturated carbocycles. The Bertz CT molecular complexity index is 1730. The number of oxazole rings is 1. The van der Waals surface area contributed by atoms with Crippen molar-refractivity contribution in [1.82, 2.24) is 24.1 Å². The minimum absolute atomic E-state index is 0.116. The van der Waals surface area contributed by atoms with E-state index in [4.69, 9.17) is 4.42 Å². The molecule has 35 heavy (non-hydrogen) atoms. The predicted molar refractivity (Wildman–Crippen MR) is 137 cm³/mol. The smallest absolute Gasteiger partial charge is 0.267 e. The average molecular weight is 480 g/mol. The Morgan fingerprint density at radius 2 is 1.63 bits per heavy atom. The van der Waals surface area contributed by atoms with Gasteiger partial charge >= 0.3 is 0 Å². The average Bonchev–Trinajstić information content (AvgIpc) is 3.52. The van der Waals surface area contributed by atoms with Gasteiger partial charge in [0.05, 0.1) is 28.5 Å². The number of rotatable bonds is 5. The number of hydrogen-bond donors (Lipinski definition) is 0. The maximum Gasteiger partial charge on any atom is 0.267 e. The molecule has 0 fully saturated rings. The standard InChI is InChI=1S/C27H21N5O2S/c1-17-9-8-10-18(2)24(17)32-25(33)20-13-6-7-14-21(20)31-26(32)29-30-27(31)35-16-23-28-15-22(34-23)19-11-4-3-5-12-19/h3-15H,16H2,1-2H3. The molecule has 3 aromatic heterocycles. The zero-order valence-corrected chi connectivity index (χ0v) is 20.0. The van der Waals surface area contributed by atoms with Crippen molar-refractivity contribution < 1.29 is 4.42 Å². The van der Waals surface area contributed by atoms with Crippen LogP contribution in [-0.2, 0) is 5.75 Å². The monoisotopic (exact) mass is 479 g/mol. The molecule has 0 N–H and O–H groups in total. The molecular weight excluding hydrogens is 458 g/mol. The van der Waals surface area contributed by atoms with E-state index in [-0.39, 0.29) is 5.56 Å². The molecule has 6 aromatic rings. The molecule has 0 unspecified atom stereocenters. The Labute approximate surface area is 205 Å². The summed E-state index contributed by atoms with van der Waals surface area (Å²) in [4.78, 5) is 18.1. The van der Waals surface area contributed by atoms with E-state index in [2.05, 4.69) is 15.2 Å². The second-order valence-corrected chi connectivity index (χ2v) is 9.23. The summed E-state index contributed by atoms with van der Waals surface area (Å²) in [6, 6.07) is 23.4. The Hall–Kier alpha value is -4.17. The van der Waals surface area contributed by atoms with E-state index in [1.54, 1.807) is 10.8 Å². The van der Waals surface area contributed by atoms with Gasteiger partial charge in [0.15, 0.2) is 10.9 Å². The minimum atomic E-state index is -0.116. The molecular formula is C27H21N5O2S. The summed E-state index contributed by atoms with van der Waals surface area (Å²) in [7, 11) is 0. The molecule has 6 rings (SSSR count). The van der Waals surface area contributed by atoms with Crippen LogP contribution in [0.25, 0.3) is 33.7 Å². The normalized spacial score (nSPS) is 11.5. The number of hydrogen-bond acceptors (Lipinski definition) is 6. The number of aryl methyl sites for hydroxylation is 2. The van der Waals surface area contributed by atoms with Gasteiger partial charge in [-0.3, -0.25) is 9.20 Å². The van der Waals surface area contributed by atoms with Crippen LogP contribution < -0.4 is 5.56 Å². The molecule has 0 bridgehead atoms. The third-order valence-electron chi connectivity index (χ3n) is 5.99. The lowest BCUT2D eigenvalue weighted by Crippen LogP contribution is -2.23. The second-order valence-electron chi connectivity index (χ2n) is 8.29. The lowest BCUT2D eigenvalue weighted by atomic mass is 10.1. The van der Waals surface area contributed by atoms with Crippen molar-refractivity contribution >= 4 is 28.4 Å². The second kappa shape index (κ2) is 8.56. The molecule has 0 spiro atoms. The van der Waals surface area contributed by atoms with Crippen LogP contribution in [0.3, 0.4) is 0 Å². The third kappa shape index (κ3) is 3.63. The van der Waals surface area contributed by atoms with Gasteiger partial charge < -0.3 is 4.42 Å². The first-order valence-electron chi connectivity index (χ1n) is 11.2. The highest BCUT2D eigenvalue weighted by Gasteiger charge is 2.20. The van der Waals surface area contributed by atoms with E-state index in [1.807, 2.05) is 91.0 Å². The summed E-state index contributed by atoms with van der Waals surface area (Å²) < 4.78 is 9.57. The number of aromatic nitrogens is 5. The van der Waals surface area contributed by atoms with E-state index >= 15 is 0 Å². The summed E-state index contributed by atoms with van der Waals surface area (Å²) in [5.74, 6) is 2.27. The van der Waals surface area contributed by atoms with Gasteiger partial charge in [0.2, 0.25) is 11.7 Å². The van der Waals surface area contributed by atoms with Crippen LogP contribution in [0.2, 0.25) is 0 Å². The number of benzene rings is 3. The zero-order chi connectivity index (χ0) is 23.9. The molecule has 0 amide bonds. The van der Waals surface area contributed by atoms with Gasteiger partial charge in [-0.25, -0.2) is 9.55 Å². The third-order valence-corrected chi connectivity index (χ3v) is 6.91. The van der Waals surface area contributed by atoms with Gasteiger partial charge in [-0.15, -0.1) is 10.2 Å². The minimum Gasteiger partial charge on any atom is -0.440 e. The van der Waals surface area contributed by atoms with Gasteiger partial charge in [-0.05, 0) is 37.1 Å². The van der Waals surface area contributed by atoms with E-state index in [1.165, 1.54) is 11.8 Å². The van der Waals surface area contributed by atoms with Crippen molar-refractivity contribution in [3.8, 4) is 17.0 Å². The lowest BCUT2D eigenvalue weighted by Gasteiger charge is -2.15. The van der Waals surface area contributed by atoms with Crippen LogP contribution >= 0.6 is 11.8 Å². The Balaban J connectivity index is 1.46. The number of nitrogens with zero attached hydrogens (tertiary/aromatic N) is 5. The zero-order valence-electron chi connectivity index (χ0n) is 19.2. The molecule has 0 atom stereocenters. The Morgan fingerprint density at radius 3 is 2.43 bits per heavy atom. The highest BCUT2D eigenvalue weighted by atomic mass is 32.2. The Kier molecular flexibility index (Phi) is 5.22. The van der Waals surface area contributed by atoms with Crippen LogP contribution in [0.5, 0.6) is 0 Å². The summed E-state index contributed by atoms with van der Waals surface area (Å²) in [5.41, 5.74) is 4.45. The van der Waals surface area contributed by atoms with Crippen molar-refractivity contribution in [3.05, 3.63) is 106 Å². The van der Waals surface area contributed by atoms with E-state index in [0.717, 1.165) is 33.7 Å². The van der Waals surface area contributed by atoms with Crippen molar-refractivity contribution in [3.63, 3.8) is 0 Å². The quantitative estimate of drug-likeness (QED) is 0.300. The van der Waals surface area contributed by atoms with E-state index in [0.29, 0.717) is 28.0 Å². The molecule has 8 heteroatoms. The summed E-state index contributed by atoms with van der Waals surface area (Å²) in [6.07, 6.45) is 1.74. The summed E-state index contributed by atoms with van der Waals surface area (Å²) in [6.45, 7) is 4.00. The van der Waals surface area contributed by atoms with Gasteiger partial charge in [0, 0.05) is 5.56 Å². The largest absolute Gasteiger partial charge is 0.440 e. The van der Waals surface area contributed by atoms with Gasteiger partial charge in [-0.1, -0.05) is 72.4 Å². The number of fused-ring (bicyclic) bond motifs is 3. The molecule has 172 valence electrons. The molecule has 0 aliphatic rings. The van der Waals surface area contributed by atoms with Crippen molar-refractivity contribution in [2.24, 2.45) is 0 Å². The highest BCUT2D eigenvalue weighted by Crippen LogP contribution is 2.28. The highest BCUT2D eigenvalue weighted by molar-refractivity contribution is 7.98. The van der Waals surface area contributed by atoms with Crippen molar-refractivity contribution in [2.45, 2.75) is 24.8 Å². The fourth-order valence-electron chi connectivity index (χ4n) is 4.37. The lowest BCUT2D eigenvalue weighted by molar-refractivity contribution is 0.530. The molecule has 0 aliphatic heterocycles. The molecule has 7 nitrogen and oxygen atoms in total.